The van der Waals surface area contributed by atoms with Crippen molar-refractivity contribution in [2.45, 2.75) is 36.6 Å². The molecule has 8 heteroatoms. The first-order chi connectivity index (χ1) is 12.4. The molecule has 2 aliphatic rings. The molecule has 0 unspecified atom stereocenters. The number of sulfonamides is 1. The van der Waals surface area contributed by atoms with Gasteiger partial charge in [-0.1, -0.05) is 24.8 Å². The maximum Gasteiger partial charge on any atom is 0.243 e. The SMILES string of the molecule is C=Cc1ccc(S(=O)(=O)N2CCN(C(=O)[C@H]3CC[C@H](N)CC3)CC2)cc1.Cl. The van der Waals surface area contributed by atoms with E-state index in [1.807, 2.05) is 4.90 Å². The molecule has 1 saturated carbocycles. The average Bonchev–Trinajstić information content (AvgIpc) is 2.68. The molecular weight excluding hydrogens is 386 g/mol. The van der Waals surface area contributed by atoms with Gasteiger partial charge in [0, 0.05) is 38.1 Å². The fraction of sp³-hybridized carbons (Fsp3) is 0.526. The van der Waals surface area contributed by atoms with Crippen LogP contribution in [0.2, 0.25) is 0 Å². The van der Waals surface area contributed by atoms with E-state index in [0.717, 1.165) is 31.2 Å². The van der Waals surface area contributed by atoms with Gasteiger partial charge in [-0.05, 0) is 43.4 Å². The van der Waals surface area contributed by atoms with Crippen LogP contribution in [-0.2, 0) is 14.8 Å². The molecule has 2 fully saturated rings. The Morgan fingerprint density at radius 2 is 1.59 bits per heavy atom. The van der Waals surface area contributed by atoms with Crippen molar-refractivity contribution in [3.8, 4) is 0 Å². The molecule has 1 aliphatic heterocycles. The zero-order valence-corrected chi connectivity index (χ0v) is 17.1. The summed E-state index contributed by atoms with van der Waals surface area (Å²) in [5, 5.41) is 0. The summed E-state index contributed by atoms with van der Waals surface area (Å²) in [4.78, 5) is 14.8. The monoisotopic (exact) mass is 413 g/mol. The Balaban J connectivity index is 0.00000261. The molecule has 0 aromatic heterocycles. The van der Waals surface area contributed by atoms with Crippen molar-refractivity contribution in [1.82, 2.24) is 9.21 Å². The van der Waals surface area contributed by atoms with E-state index in [4.69, 9.17) is 5.73 Å². The minimum absolute atomic E-state index is 0. The van der Waals surface area contributed by atoms with Gasteiger partial charge in [-0.2, -0.15) is 4.31 Å². The van der Waals surface area contributed by atoms with E-state index in [1.54, 1.807) is 30.3 Å². The molecule has 27 heavy (non-hydrogen) atoms. The molecule has 0 spiro atoms. The highest BCUT2D eigenvalue weighted by Gasteiger charge is 2.33. The van der Waals surface area contributed by atoms with Gasteiger partial charge in [-0.3, -0.25) is 4.79 Å². The van der Waals surface area contributed by atoms with E-state index in [9.17, 15) is 13.2 Å². The third-order valence-corrected chi connectivity index (χ3v) is 7.34. The van der Waals surface area contributed by atoms with Gasteiger partial charge >= 0.3 is 0 Å². The van der Waals surface area contributed by atoms with E-state index >= 15 is 0 Å². The molecule has 150 valence electrons. The minimum atomic E-state index is -3.52. The second-order valence-electron chi connectivity index (χ2n) is 7.11. The first-order valence-corrected chi connectivity index (χ1v) is 10.6. The number of piperazine rings is 1. The standard InChI is InChI=1S/C19H27N3O3S.ClH/c1-2-15-3-9-18(10-4-15)26(24,25)22-13-11-21(12-14-22)19(23)16-5-7-17(20)8-6-16;/h2-4,9-10,16-17H,1,5-8,11-14,20H2;1H/t16-,17-;. The molecule has 1 aromatic carbocycles. The van der Waals surface area contributed by atoms with Crippen molar-refractivity contribution in [3.05, 3.63) is 36.4 Å². The first-order valence-electron chi connectivity index (χ1n) is 9.19. The minimum Gasteiger partial charge on any atom is -0.340 e. The smallest absolute Gasteiger partial charge is 0.243 e. The van der Waals surface area contributed by atoms with Crippen LogP contribution >= 0.6 is 12.4 Å². The van der Waals surface area contributed by atoms with Crippen LogP contribution in [0.4, 0.5) is 0 Å². The van der Waals surface area contributed by atoms with Crippen LogP contribution in [0.1, 0.15) is 31.2 Å². The number of carbonyl (C=O) groups is 1. The number of carbonyl (C=O) groups excluding carboxylic acids is 1. The quantitative estimate of drug-likeness (QED) is 0.819. The zero-order valence-electron chi connectivity index (χ0n) is 15.4. The molecule has 3 rings (SSSR count). The Hall–Kier alpha value is -1.41. The molecule has 0 radical (unpaired) electrons. The molecule has 1 aliphatic carbocycles. The summed E-state index contributed by atoms with van der Waals surface area (Å²) in [7, 11) is -3.52. The molecule has 1 amide bonds. The van der Waals surface area contributed by atoms with Gasteiger partial charge in [0.15, 0.2) is 0 Å². The molecule has 0 atom stereocenters. The summed E-state index contributed by atoms with van der Waals surface area (Å²) in [5.74, 6) is 0.202. The van der Waals surface area contributed by atoms with E-state index in [0.29, 0.717) is 26.2 Å². The number of nitrogens with zero attached hydrogens (tertiary/aromatic N) is 2. The number of benzene rings is 1. The normalized spacial score (nSPS) is 24.1. The van der Waals surface area contributed by atoms with E-state index < -0.39 is 10.0 Å². The summed E-state index contributed by atoms with van der Waals surface area (Å²) >= 11 is 0. The lowest BCUT2D eigenvalue weighted by Crippen LogP contribution is -2.52. The molecule has 6 nitrogen and oxygen atoms in total. The number of amides is 1. The lowest BCUT2D eigenvalue weighted by molar-refractivity contribution is -0.137. The highest BCUT2D eigenvalue weighted by molar-refractivity contribution is 7.89. The van der Waals surface area contributed by atoms with Gasteiger partial charge in [0.25, 0.3) is 0 Å². The van der Waals surface area contributed by atoms with Crippen LogP contribution in [0.5, 0.6) is 0 Å². The molecule has 0 bridgehead atoms. The van der Waals surface area contributed by atoms with Crippen LogP contribution in [-0.4, -0.2) is 55.8 Å². The Morgan fingerprint density at radius 3 is 2.11 bits per heavy atom. The molecule has 1 saturated heterocycles. The molecule has 1 aromatic rings. The fourth-order valence-corrected chi connectivity index (χ4v) is 5.12. The van der Waals surface area contributed by atoms with Crippen LogP contribution in [0.3, 0.4) is 0 Å². The summed E-state index contributed by atoms with van der Waals surface area (Å²) in [6, 6.07) is 6.92. The Bertz CT molecular complexity index is 751. The largest absolute Gasteiger partial charge is 0.340 e. The van der Waals surface area contributed by atoms with Crippen LogP contribution in [0, 0.1) is 5.92 Å². The number of rotatable bonds is 4. The van der Waals surface area contributed by atoms with Crippen LogP contribution < -0.4 is 5.73 Å². The van der Waals surface area contributed by atoms with Gasteiger partial charge in [-0.15, -0.1) is 12.4 Å². The van der Waals surface area contributed by atoms with Crippen molar-refractivity contribution >= 4 is 34.4 Å². The zero-order chi connectivity index (χ0) is 18.7. The highest BCUT2D eigenvalue weighted by atomic mass is 35.5. The highest BCUT2D eigenvalue weighted by Crippen LogP contribution is 2.26. The Kier molecular flexibility index (Phi) is 7.45. The molecule has 1 heterocycles. The lowest BCUT2D eigenvalue weighted by Gasteiger charge is -2.37. The number of halogens is 1. The third kappa shape index (κ3) is 4.90. The van der Waals surface area contributed by atoms with Gasteiger partial charge in [0.05, 0.1) is 4.90 Å². The van der Waals surface area contributed by atoms with Gasteiger partial charge in [-0.25, -0.2) is 8.42 Å². The van der Waals surface area contributed by atoms with E-state index in [1.165, 1.54) is 4.31 Å². The fourth-order valence-electron chi connectivity index (χ4n) is 3.70. The predicted molar refractivity (Wildman–Crippen MR) is 109 cm³/mol. The van der Waals surface area contributed by atoms with Crippen molar-refractivity contribution in [3.63, 3.8) is 0 Å². The van der Waals surface area contributed by atoms with E-state index in [2.05, 4.69) is 6.58 Å². The van der Waals surface area contributed by atoms with Gasteiger partial charge < -0.3 is 10.6 Å². The summed E-state index contributed by atoms with van der Waals surface area (Å²) in [6.07, 6.45) is 5.15. The van der Waals surface area contributed by atoms with Crippen LogP contribution in [0.25, 0.3) is 6.08 Å². The second-order valence-corrected chi connectivity index (χ2v) is 9.05. The third-order valence-electron chi connectivity index (χ3n) is 5.42. The summed E-state index contributed by atoms with van der Waals surface area (Å²) in [5.41, 5.74) is 6.79. The maximum atomic E-state index is 12.8. The number of nitrogens with two attached hydrogens (primary N) is 1. The maximum absolute atomic E-state index is 12.8. The van der Waals surface area contributed by atoms with E-state index in [-0.39, 0.29) is 35.2 Å². The number of hydrogen-bond acceptors (Lipinski definition) is 4. The average molecular weight is 414 g/mol. The Labute approximate surface area is 167 Å². The van der Waals surface area contributed by atoms with Gasteiger partial charge in [0.2, 0.25) is 15.9 Å². The van der Waals surface area contributed by atoms with Crippen molar-refractivity contribution in [2.75, 3.05) is 26.2 Å². The molecule has 2 N–H and O–H groups in total. The number of hydrogen-bond donors (Lipinski definition) is 1. The summed E-state index contributed by atoms with van der Waals surface area (Å²) < 4.78 is 27.0. The molecular formula is C19H28ClN3O3S. The van der Waals surface area contributed by atoms with Gasteiger partial charge in [0.1, 0.15) is 0 Å². The predicted octanol–water partition coefficient (Wildman–Crippen LogP) is 2.10. The van der Waals surface area contributed by atoms with Crippen molar-refractivity contribution < 1.29 is 13.2 Å². The second kappa shape index (κ2) is 9.19. The lowest BCUT2D eigenvalue weighted by atomic mass is 9.85. The van der Waals surface area contributed by atoms with Crippen molar-refractivity contribution in [2.24, 2.45) is 11.7 Å². The summed E-state index contributed by atoms with van der Waals surface area (Å²) in [6.45, 7) is 5.25. The Morgan fingerprint density at radius 1 is 1.04 bits per heavy atom. The first kappa shape index (κ1) is 21.9. The van der Waals surface area contributed by atoms with Crippen LogP contribution in [0.15, 0.2) is 35.7 Å². The van der Waals surface area contributed by atoms with Crippen molar-refractivity contribution in [1.29, 1.82) is 0 Å². The topological polar surface area (TPSA) is 83.7 Å².